The molecule has 3 nitrogen and oxygen atoms in total. The third-order valence-corrected chi connectivity index (χ3v) is 2.81. The molecule has 98 valence electrons. The van der Waals surface area contributed by atoms with Crippen LogP contribution in [0.25, 0.3) is 0 Å². The van der Waals surface area contributed by atoms with Crippen LogP contribution in [0.3, 0.4) is 0 Å². The van der Waals surface area contributed by atoms with Crippen molar-refractivity contribution in [1.82, 2.24) is 5.32 Å². The van der Waals surface area contributed by atoms with Gasteiger partial charge in [-0.3, -0.25) is 4.79 Å². The van der Waals surface area contributed by atoms with Gasteiger partial charge in [-0.05, 0) is 0 Å². The number of carbonyl (C=O) groups excluding carboxylic acids is 1. The maximum absolute atomic E-state index is 13.3. The lowest BCUT2D eigenvalue weighted by molar-refractivity contribution is -0.0978. The third-order valence-electron chi connectivity index (χ3n) is 2.81. The summed E-state index contributed by atoms with van der Waals surface area (Å²) in [6, 6.07) is 0.957. The van der Waals surface area contributed by atoms with Gasteiger partial charge in [-0.25, -0.2) is 13.2 Å². The predicted octanol–water partition coefficient (Wildman–Crippen LogP) is 1.87. The summed E-state index contributed by atoms with van der Waals surface area (Å²) in [5, 5.41) is 2.42. The van der Waals surface area contributed by atoms with Crippen molar-refractivity contribution in [3.05, 3.63) is 35.1 Å². The molecule has 6 heteroatoms. The average Bonchev–Trinajstić information content (AvgIpc) is 2.22. The predicted molar refractivity (Wildman–Crippen MR) is 57.6 cm³/mol. The summed E-state index contributed by atoms with van der Waals surface area (Å²) in [7, 11) is 0. The number of hydrogen-bond donors (Lipinski definition) is 1. The van der Waals surface area contributed by atoms with E-state index in [0.717, 1.165) is 0 Å². The fourth-order valence-electron chi connectivity index (χ4n) is 1.69. The van der Waals surface area contributed by atoms with Gasteiger partial charge in [-0.1, -0.05) is 6.92 Å². The number of rotatable bonds is 3. The third kappa shape index (κ3) is 2.48. The van der Waals surface area contributed by atoms with E-state index in [1.54, 1.807) is 0 Å². The largest absolute Gasteiger partial charge is 0.380 e. The van der Waals surface area contributed by atoms with Crippen molar-refractivity contribution in [3.63, 3.8) is 0 Å². The fourth-order valence-corrected chi connectivity index (χ4v) is 1.69. The molecule has 1 aliphatic rings. The minimum atomic E-state index is -1.21. The molecule has 0 radical (unpaired) electrons. The van der Waals surface area contributed by atoms with Crippen LogP contribution < -0.4 is 5.32 Å². The van der Waals surface area contributed by atoms with E-state index in [9.17, 15) is 18.0 Å². The van der Waals surface area contributed by atoms with Gasteiger partial charge in [0.05, 0.1) is 13.2 Å². The van der Waals surface area contributed by atoms with Crippen molar-refractivity contribution in [3.8, 4) is 0 Å². The minimum absolute atomic E-state index is 0.206. The van der Waals surface area contributed by atoms with E-state index in [-0.39, 0.29) is 12.0 Å². The van der Waals surface area contributed by atoms with Crippen molar-refractivity contribution < 1.29 is 22.7 Å². The van der Waals surface area contributed by atoms with Gasteiger partial charge in [-0.15, -0.1) is 0 Å². The molecular weight excluding hydrogens is 247 g/mol. The van der Waals surface area contributed by atoms with E-state index >= 15 is 0 Å². The van der Waals surface area contributed by atoms with Crippen LogP contribution in [-0.4, -0.2) is 25.7 Å². The minimum Gasteiger partial charge on any atom is -0.380 e. The zero-order valence-electron chi connectivity index (χ0n) is 9.73. The molecule has 0 atom stereocenters. The molecule has 0 saturated carbocycles. The molecule has 0 aliphatic carbocycles. The molecular formula is C12H12F3NO2. The highest BCUT2D eigenvalue weighted by Crippen LogP contribution is 2.25. The van der Waals surface area contributed by atoms with E-state index < -0.39 is 28.9 Å². The first-order chi connectivity index (χ1) is 8.41. The maximum Gasteiger partial charge on any atom is 0.257 e. The molecule has 1 N–H and O–H groups in total. The Morgan fingerprint density at radius 3 is 2.33 bits per heavy atom. The first-order valence-electron chi connectivity index (χ1n) is 5.42. The average molecular weight is 259 g/mol. The van der Waals surface area contributed by atoms with Crippen LogP contribution in [0.5, 0.6) is 0 Å². The number of amides is 1. The quantitative estimate of drug-likeness (QED) is 0.900. The lowest BCUT2D eigenvalue weighted by atomic mass is 9.88. The van der Waals surface area contributed by atoms with Gasteiger partial charge in [0.1, 0.15) is 23.0 Å². The maximum atomic E-state index is 13.3. The summed E-state index contributed by atoms with van der Waals surface area (Å²) in [6.07, 6.45) is 0. The van der Waals surface area contributed by atoms with Gasteiger partial charge >= 0.3 is 0 Å². The van der Waals surface area contributed by atoms with Gasteiger partial charge in [0, 0.05) is 24.1 Å². The van der Waals surface area contributed by atoms with E-state index in [4.69, 9.17) is 4.74 Å². The first kappa shape index (κ1) is 12.9. The van der Waals surface area contributed by atoms with Crippen molar-refractivity contribution in [2.45, 2.75) is 6.92 Å². The standard InChI is InChI=1S/C12H12F3NO2/c1-12(5-18-6-12)4-16-11(17)10-8(14)2-7(13)3-9(10)15/h2-3H,4-6H2,1H3,(H,16,17). The normalized spacial score (nSPS) is 17.1. The highest BCUT2D eigenvalue weighted by atomic mass is 19.1. The molecule has 0 aromatic heterocycles. The smallest absolute Gasteiger partial charge is 0.257 e. The molecule has 0 spiro atoms. The van der Waals surface area contributed by atoms with Gasteiger partial charge in [0.2, 0.25) is 0 Å². The van der Waals surface area contributed by atoms with Crippen LogP contribution in [0.4, 0.5) is 13.2 Å². The molecule has 2 rings (SSSR count). The van der Waals surface area contributed by atoms with Crippen molar-refractivity contribution >= 4 is 5.91 Å². The molecule has 0 unspecified atom stereocenters. The second-order valence-corrected chi connectivity index (χ2v) is 4.73. The number of halogens is 3. The first-order valence-corrected chi connectivity index (χ1v) is 5.42. The summed E-state index contributed by atoms with van der Waals surface area (Å²) in [5.74, 6) is -4.36. The van der Waals surface area contributed by atoms with Gasteiger partial charge < -0.3 is 10.1 Å². The summed E-state index contributed by atoms with van der Waals surface area (Å²) in [5.41, 5.74) is -0.969. The summed E-state index contributed by atoms with van der Waals surface area (Å²) in [6.45, 7) is 3.11. The lowest BCUT2D eigenvalue weighted by Crippen LogP contribution is -2.48. The van der Waals surface area contributed by atoms with Crippen molar-refractivity contribution in [1.29, 1.82) is 0 Å². The molecule has 1 amide bonds. The number of benzene rings is 1. The van der Waals surface area contributed by atoms with Gasteiger partial charge in [0.25, 0.3) is 5.91 Å². The molecule has 1 aliphatic heterocycles. The number of ether oxygens (including phenoxy) is 1. The van der Waals surface area contributed by atoms with Crippen LogP contribution in [0.15, 0.2) is 12.1 Å². The zero-order chi connectivity index (χ0) is 13.3. The Bertz CT molecular complexity index is 463. The fraction of sp³-hybridized carbons (Fsp3) is 0.417. The van der Waals surface area contributed by atoms with Crippen LogP contribution in [0, 0.1) is 22.9 Å². The van der Waals surface area contributed by atoms with Crippen molar-refractivity contribution in [2.75, 3.05) is 19.8 Å². The molecule has 1 aromatic rings. The monoisotopic (exact) mass is 259 g/mol. The van der Waals surface area contributed by atoms with Crippen LogP contribution in [0.1, 0.15) is 17.3 Å². The van der Waals surface area contributed by atoms with Crippen LogP contribution in [0.2, 0.25) is 0 Å². The van der Waals surface area contributed by atoms with Crippen LogP contribution >= 0.6 is 0 Å². The topological polar surface area (TPSA) is 38.3 Å². The molecule has 1 fully saturated rings. The lowest BCUT2D eigenvalue weighted by Gasteiger charge is -2.38. The highest BCUT2D eigenvalue weighted by molar-refractivity contribution is 5.94. The molecule has 1 heterocycles. The number of nitrogens with one attached hydrogen (secondary N) is 1. The van der Waals surface area contributed by atoms with Crippen LogP contribution in [-0.2, 0) is 4.74 Å². The van der Waals surface area contributed by atoms with Crippen molar-refractivity contribution in [2.24, 2.45) is 5.41 Å². The van der Waals surface area contributed by atoms with Gasteiger partial charge in [0.15, 0.2) is 0 Å². The molecule has 1 aromatic carbocycles. The Kier molecular flexibility index (Phi) is 3.30. The summed E-state index contributed by atoms with van der Waals surface area (Å²) in [4.78, 5) is 11.6. The number of carbonyl (C=O) groups is 1. The molecule has 1 saturated heterocycles. The molecule has 0 bridgehead atoms. The van der Waals surface area contributed by atoms with Gasteiger partial charge in [-0.2, -0.15) is 0 Å². The Labute approximate surface area is 102 Å². The Morgan fingerprint density at radius 1 is 1.33 bits per heavy atom. The van der Waals surface area contributed by atoms with E-state index in [2.05, 4.69) is 5.32 Å². The summed E-state index contributed by atoms with van der Waals surface area (Å²) < 4.78 is 44.3. The second kappa shape index (κ2) is 4.61. The SMILES string of the molecule is CC1(CNC(=O)c2c(F)cc(F)cc2F)COC1. The Morgan fingerprint density at radius 2 is 1.89 bits per heavy atom. The molecule has 18 heavy (non-hydrogen) atoms. The van der Waals surface area contributed by atoms with E-state index in [0.29, 0.717) is 25.3 Å². The zero-order valence-corrected chi connectivity index (χ0v) is 9.73. The van der Waals surface area contributed by atoms with E-state index in [1.807, 2.05) is 6.92 Å². The summed E-state index contributed by atoms with van der Waals surface area (Å²) >= 11 is 0. The Hall–Kier alpha value is -1.56. The second-order valence-electron chi connectivity index (χ2n) is 4.73. The van der Waals surface area contributed by atoms with E-state index in [1.165, 1.54) is 0 Å². The Balaban J connectivity index is 2.09. The number of hydrogen-bond acceptors (Lipinski definition) is 2. The highest BCUT2D eigenvalue weighted by Gasteiger charge is 2.34.